The Hall–Kier alpha value is -2.15. The highest BCUT2D eigenvalue weighted by atomic mass is 32.1. The molecule has 0 saturated carbocycles. The predicted octanol–water partition coefficient (Wildman–Crippen LogP) is 2.25. The van der Waals surface area contributed by atoms with Gasteiger partial charge in [0.2, 0.25) is 5.91 Å². The maximum absolute atomic E-state index is 12.1. The van der Waals surface area contributed by atoms with Crippen LogP contribution in [0.5, 0.6) is 0 Å². The number of thiocarbonyl (C=S) groups is 1. The van der Waals surface area contributed by atoms with E-state index in [2.05, 4.69) is 5.32 Å². The van der Waals surface area contributed by atoms with Crippen LogP contribution < -0.4 is 15.1 Å². The molecule has 0 unspecified atom stereocenters. The van der Waals surface area contributed by atoms with Crippen molar-refractivity contribution in [2.45, 2.75) is 39.3 Å². The van der Waals surface area contributed by atoms with Crippen LogP contribution in [-0.2, 0) is 16.0 Å². The molecule has 2 atom stereocenters. The summed E-state index contributed by atoms with van der Waals surface area (Å²) < 4.78 is 5.38. The molecule has 0 bridgehead atoms. The summed E-state index contributed by atoms with van der Waals surface area (Å²) in [6.07, 6.45) is 0.218. The second kappa shape index (κ2) is 6.39. The van der Waals surface area contributed by atoms with Gasteiger partial charge in [0, 0.05) is 24.3 Å². The van der Waals surface area contributed by atoms with Gasteiger partial charge in [-0.3, -0.25) is 9.69 Å². The Morgan fingerprint density at radius 3 is 2.83 bits per heavy atom. The lowest BCUT2D eigenvalue weighted by molar-refractivity contribution is -0.116. The minimum Gasteiger partial charge on any atom is -0.442 e. The molecule has 1 fully saturated rings. The average Bonchev–Trinajstić information content (AvgIpc) is 3.03. The molecule has 6 nitrogen and oxygen atoms in total. The average molecular weight is 347 g/mol. The van der Waals surface area contributed by atoms with Crippen molar-refractivity contribution in [1.82, 2.24) is 5.32 Å². The van der Waals surface area contributed by atoms with Crippen molar-refractivity contribution in [3.05, 3.63) is 23.8 Å². The van der Waals surface area contributed by atoms with Crippen LogP contribution >= 0.6 is 12.2 Å². The van der Waals surface area contributed by atoms with Gasteiger partial charge < -0.3 is 15.0 Å². The fourth-order valence-corrected chi connectivity index (χ4v) is 3.44. The Morgan fingerprint density at radius 1 is 1.42 bits per heavy atom. The lowest BCUT2D eigenvalue weighted by atomic mass is 10.1. The van der Waals surface area contributed by atoms with E-state index in [0.29, 0.717) is 18.1 Å². The van der Waals surface area contributed by atoms with E-state index in [0.717, 1.165) is 23.4 Å². The van der Waals surface area contributed by atoms with E-state index in [9.17, 15) is 9.59 Å². The third kappa shape index (κ3) is 3.08. The van der Waals surface area contributed by atoms with Gasteiger partial charge in [0.15, 0.2) is 0 Å². The first-order valence-electron chi connectivity index (χ1n) is 8.02. The number of hydrogen-bond donors (Lipinski definition) is 1. The number of benzene rings is 1. The molecule has 2 heterocycles. The molecule has 24 heavy (non-hydrogen) atoms. The molecule has 0 aromatic heterocycles. The smallest absolute Gasteiger partial charge is 0.414 e. The Balaban J connectivity index is 1.77. The van der Waals surface area contributed by atoms with E-state index in [1.807, 2.05) is 25.1 Å². The van der Waals surface area contributed by atoms with Gasteiger partial charge in [-0.05, 0) is 44.0 Å². The number of anilines is 2. The second-order valence-electron chi connectivity index (χ2n) is 6.31. The van der Waals surface area contributed by atoms with Crippen LogP contribution in [-0.4, -0.2) is 42.2 Å². The van der Waals surface area contributed by atoms with Crippen molar-refractivity contribution in [3.8, 4) is 0 Å². The zero-order valence-corrected chi connectivity index (χ0v) is 14.9. The van der Waals surface area contributed by atoms with Crippen LogP contribution in [0.25, 0.3) is 0 Å². The number of carbonyl (C=O) groups is 2. The molecule has 0 radical (unpaired) electrons. The highest BCUT2D eigenvalue weighted by Gasteiger charge is 2.34. The molecule has 1 N–H and O–H groups in total. The number of amides is 2. The molecule has 7 heteroatoms. The summed E-state index contributed by atoms with van der Waals surface area (Å²) in [5, 5.41) is 3.03. The number of fused-ring (bicyclic) bond motifs is 1. The summed E-state index contributed by atoms with van der Waals surface area (Å²) in [7, 11) is 0. The minimum atomic E-state index is -0.349. The third-order valence-corrected chi connectivity index (χ3v) is 4.53. The Bertz CT molecular complexity index is 706. The molecular weight excluding hydrogens is 326 g/mol. The van der Waals surface area contributed by atoms with Crippen molar-refractivity contribution in [1.29, 1.82) is 0 Å². The van der Waals surface area contributed by atoms with E-state index in [-0.39, 0.29) is 24.1 Å². The molecule has 3 rings (SSSR count). The van der Waals surface area contributed by atoms with Gasteiger partial charge in [0.1, 0.15) is 6.10 Å². The monoisotopic (exact) mass is 347 g/mol. The number of ether oxygens (including phenoxy) is 1. The first-order valence-corrected chi connectivity index (χ1v) is 8.43. The maximum Gasteiger partial charge on any atom is 0.414 e. The molecule has 0 spiro atoms. The first kappa shape index (κ1) is 16.7. The normalized spacial score (nSPS) is 22.4. The van der Waals surface area contributed by atoms with Gasteiger partial charge >= 0.3 is 6.09 Å². The summed E-state index contributed by atoms with van der Waals surface area (Å²) in [6, 6.07) is 5.90. The van der Waals surface area contributed by atoms with Crippen LogP contribution in [0.1, 0.15) is 26.3 Å². The standard InChI is InChI=1S/C17H21N3O3S/c1-10-6-13-7-14(4-5-16(13)20(10)12(3)21)19-9-15(23-17(19)22)8-18-11(2)24/h4-5,7,10,15H,6,8-9H2,1-3H3,(H,18,24)/t10-,15+/m1/s1. The van der Waals surface area contributed by atoms with Gasteiger partial charge in [-0.2, -0.15) is 0 Å². The fraction of sp³-hybridized carbons (Fsp3) is 0.471. The van der Waals surface area contributed by atoms with E-state index in [4.69, 9.17) is 17.0 Å². The predicted molar refractivity (Wildman–Crippen MR) is 96.7 cm³/mol. The number of nitrogens with zero attached hydrogens (tertiary/aromatic N) is 2. The molecular formula is C17H21N3O3S. The SMILES string of the molecule is CC(=O)N1c2ccc(N3C[C@H](CNC(C)=S)OC3=O)cc2C[C@H]1C. The lowest BCUT2D eigenvalue weighted by Gasteiger charge is -2.21. The van der Waals surface area contributed by atoms with Crippen LogP contribution in [0.15, 0.2) is 18.2 Å². The molecule has 1 aromatic carbocycles. The molecule has 0 aliphatic carbocycles. The van der Waals surface area contributed by atoms with Gasteiger partial charge in [-0.15, -0.1) is 0 Å². The largest absolute Gasteiger partial charge is 0.442 e. The summed E-state index contributed by atoms with van der Waals surface area (Å²) in [6.45, 7) is 6.40. The Kier molecular flexibility index (Phi) is 4.45. The van der Waals surface area contributed by atoms with Crippen LogP contribution in [0.3, 0.4) is 0 Å². The number of hydrogen-bond acceptors (Lipinski definition) is 4. The Morgan fingerprint density at radius 2 is 2.17 bits per heavy atom. The van der Waals surface area contributed by atoms with E-state index in [1.165, 1.54) is 0 Å². The van der Waals surface area contributed by atoms with Gasteiger partial charge in [-0.25, -0.2) is 4.79 Å². The number of rotatable bonds is 3. The minimum absolute atomic E-state index is 0.0382. The topological polar surface area (TPSA) is 61.9 Å². The quantitative estimate of drug-likeness (QED) is 0.850. The summed E-state index contributed by atoms with van der Waals surface area (Å²) in [5.74, 6) is 0.0382. The zero-order chi connectivity index (χ0) is 17.4. The number of carbonyl (C=O) groups excluding carboxylic acids is 2. The Labute approximate surface area is 146 Å². The summed E-state index contributed by atoms with van der Waals surface area (Å²) in [5.41, 5.74) is 2.82. The van der Waals surface area contributed by atoms with Crippen LogP contribution in [0, 0.1) is 0 Å². The number of cyclic esters (lactones) is 1. The van der Waals surface area contributed by atoms with Crippen molar-refractivity contribution < 1.29 is 14.3 Å². The van der Waals surface area contributed by atoms with Gasteiger partial charge in [0.25, 0.3) is 0 Å². The van der Waals surface area contributed by atoms with E-state index in [1.54, 1.807) is 23.6 Å². The van der Waals surface area contributed by atoms with Crippen molar-refractivity contribution >= 4 is 40.6 Å². The fourth-order valence-electron chi connectivity index (χ4n) is 3.36. The first-order chi connectivity index (χ1) is 11.4. The molecule has 1 aromatic rings. The highest BCUT2D eigenvalue weighted by molar-refractivity contribution is 7.80. The summed E-state index contributed by atoms with van der Waals surface area (Å²) >= 11 is 4.98. The third-order valence-electron chi connectivity index (χ3n) is 4.38. The zero-order valence-electron chi connectivity index (χ0n) is 14.0. The highest BCUT2D eigenvalue weighted by Crippen LogP contribution is 2.35. The van der Waals surface area contributed by atoms with Gasteiger partial charge in [-0.1, -0.05) is 12.2 Å². The molecule has 2 aliphatic rings. The van der Waals surface area contributed by atoms with Crippen LogP contribution in [0.2, 0.25) is 0 Å². The van der Waals surface area contributed by atoms with E-state index >= 15 is 0 Å². The van der Waals surface area contributed by atoms with E-state index < -0.39 is 0 Å². The second-order valence-corrected chi connectivity index (χ2v) is 6.92. The molecule has 2 amide bonds. The number of nitrogens with one attached hydrogen (secondary N) is 1. The molecule has 128 valence electrons. The van der Waals surface area contributed by atoms with Crippen molar-refractivity contribution in [2.75, 3.05) is 22.9 Å². The molecule has 2 aliphatic heterocycles. The maximum atomic E-state index is 12.1. The van der Waals surface area contributed by atoms with Gasteiger partial charge in [0.05, 0.1) is 18.1 Å². The van der Waals surface area contributed by atoms with Crippen molar-refractivity contribution in [3.63, 3.8) is 0 Å². The van der Waals surface area contributed by atoms with Crippen LogP contribution in [0.4, 0.5) is 16.2 Å². The lowest BCUT2D eigenvalue weighted by Crippen LogP contribution is -2.33. The van der Waals surface area contributed by atoms with Crippen molar-refractivity contribution in [2.24, 2.45) is 0 Å². The molecule has 1 saturated heterocycles. The summed E-state index contributed by atoms with van der Waals surface area (Å²) in [4.78, 5) is 28.1.